The largest absolute Gasteiger partial charge is 0.492 e. The molecule has 1 fully saturated rings. The molecule has 1 saturated carbocycles. The summed E-state index contributed by atoms with van der Waals surface area (Å²) < 4.78 is 10.5. The molecule has 25 heavy (non-hydrogen) atoms. The van der Waals surface area contributed by atoms with Crippen molar-refractivity contribution in [1.82, 2.24) is 5.32 Å². The molecule has 1 amide bonds. The van der Waals surface area contributed by atoms with Crippen LogP contribution in [-0.4, -0.2) is 37.2 Å². The van der Waals surface area contributed by atoms with E-state index in [1.165, 1.54) is 19.3 Å². The van der Waals surface area contributed by atoms with Gasteiger partial charge in [-0.25, -0.2) is 0 Å². The number of amides is 1. The van der Waals surface area contributed by atoms with Gasteiger partial charge in [-0.15, -0.1) is 0 Å². The molecule has 134 valence electrons. The Morgan fingerprint density at radius 1 is 1.32 bits per heavy atom. The normalized spacial score (nSPS) is 17.3. The first-order valence-corrected chi connectivity index (χ1v) is 8.92. The predicted octanol–water partition coefficient (Wildman–Crippen LogP) is 1.07. The maximum Gasteiger partial charge on any atom is 0.492 e. The predicted molar refractivity (Wildman–Crippen MR) is 93.4 cm³/mol. The summed E-state index contributed by atoms with van der Waals surface area (Å²) in [4.78, 5) is 24.2. The average molecular weight is 345 g/mol. The fourth-order valence-electron chi connectivity index (χ4n) is 3.62. The molecule has 7 heteroatoms. The number of carbonyl (C=O) groups excluding carboxylic acids is 2. The molecular weight excluding hydrogens is 321 g/mol. The first-order valence-electron chi connectivity index (χ1n) is 8.92. The minimum absolute atomic E-state index is 0.152. The van der Waals surface area contributed by atoms with Crippen LogP contribution in [0.1, 0.15) is 53.6 Å². The van der Waals surface area contributed by atoms with E-state index in [0.29, 0.717) is 35.7 Å². The zero-order chi connectivity index (χ0) is 17.8. The third kappa shape index (κ3) is 4.22. The molecule has 0 bridgehead atoms. The first-order chi connectivity index (χ1) is 12.1. The van der Waals surface area contributed by atoms with Crippen molar-refractivity contribution >= 4 is 24.5 Å². The third-order valence-electron chi connectivity index (χ3n) is 5.09. The lowest BCUT2D eigenvalue weighted by Crippen LogP contribution is -2.35. The van der Waals surface area contributed by atoms with E-state index in [0.717, 1.165) is 18.4 Å². The molecule has 3 rings (SSSR count). The van der Waals surface area contributed by atoms with Gasteiger partial charge >= 0.3 is 13.1 Å². The molecule has 1 aliphatic carbocycles. The maximum atomic E-state index is 12.3. The van der Waals surface area contributed by atoms with E-state index in [1.807, 2.05) is 0 Å². The number of fused-ring (bicyclic) bond motifs is 1. The van der Waals surface area contributed by atoms with Crippen molar-refractivity contribution in [3.05, 3.63) is 28.8 Å². The minimum atomic E-state index is -0.997. The van der Waals surface area contributed by atoms with Crippen LogP contribution in [0.3, 0.4) is 0 Å². The third-order valence-corrected chi connectivity index (χ3v) is 5.09. The van der Waals surface area contributed by atoms with Gasteiger partial charge < -0.3 is 19.7 Å². The quantitative estimate of drug-likeness (QED) is 0.616. The Balaban J connectivity index is 1.51. The van der Waals surface area contributed by atoms with Gasteiger partial charge in [-0.3, -0.25) is 9.59 Å². The van der Waals surface area contributed by atoms with Crippen LogP contribution < -0.4 is 10.8 Å². The van der Waals surface area contributed by atoms with Crippen molar-refractivity contribution in [2.75, 3.05) is 13.2 Å². The van der Waals surface area contributed by atoms with E-state index >= 15 is 0 Å². The van der Waals surface area contributed by atoms with Crippen LogP contribution in [0.4, 0.5) is 0 Å². The van der Waals surface area contributed by atoms with Crippen LogP contribution in [0.25, 0.3) is 0 Å². The van der Waals surface area contributed by atoms with Crippen LogP contribution in [-0.2, 0) is 20.8 Å². The Kier molecular flexibility index (Phi) is 5.76. The second-order valence-electron chi connectivity index (χ2n) is 6.84. The van der Waals surface area contributed by atoms with Gasteiger partial charge in [0.25, 0.3) is 5.91 Å². The summed E-state index contributed by atoms with van der Waals surface area (Å²) in [6.07, 6.45) is 5.88. The van der Waals surface area contributed by atoms with Crippen molar-refractivity contribution in [3.8, 4) is 0 Å². The first kappa shape index (κ1) is 18.0. The Morgan fingerprint density at radius 2 is 2.08 bits per heavy atom. The summed E-state index contributed by atoms with van der Waals surface area (Å²) in [7, 11) is -0.997. The molecule has 6 nitrogen and oxygen atoms in total. The van der Waals surface area contributed by atoms with Crippen molar-refractivity contribution in [1.29, 1.82) is 0 Å². The molecular formula is C18H24BNO5. The second-order valence-corrected chi connectivity index (χ2v) is 6.84. The van der Waals surface area contributed by atoms with E-state index in [4.69, 9.17) is 9.39 Å². The van der Waals surface area contributed by atoms with Gasteiger partial charge in [-0.1, -0.05) is 25.3 Å². The minimum Gasteiger partial charge on any atom is -0.464 e. The van der Waals surface area contributed by atoms with Crippen molar-refractivity contribution in [2.45, 2.75) is 45.6 Å². The van der Waals surface area contributed by atoms with E-state index in [9.17, 15) is 14.6 Å². The average Bonchev–Trinajstić information content (AvgIpc) is 3.01. The van der Waals surface area contributed by atoms with Gasteiger partial charge in [0, 0.05) is 5.56 Å². The summed E-state index contributed by atoms with van der Waals surface area (Å²) in [6.45, 7) is 2.40. The molecule has 2 aliphatic rings. The van der Waals surface area contributed by atoms with Gasteiger partial charge in [0.1, 0.15) is 6.54 Å². The number of hydrogen-bond acceptors (Lipinski definition) is 5. The van der Waals surface area contributed by atoms with E-state index in [2.05, 4.69) is 5.32 Å². The zero-order valence-corrected chi connectivity index (χ0v) is 14.5. The molecule has 0 unspecified atom stereocenters. The molecule has 0 spiro atoms. The Hall–Kier alpha value is -1.86. The number of ether oxygens (including phenoxy) is 1. The molecule has 1 aromatic rings. The van der Waals surface area contributed by atoms with Gasteiger partial charge in [-0.2, -0.15) is 0 Å². The molecule has 1 aliphatic heterocycles. The summed E-state index contributed by atoms with van der Waals surface area (Å²) in [5.74, 6) is -0.316. The summed E-state index contributed by atoms with van der Waals surface area (Å²) in [6, 6.07) is 3.47. The molecule has 0 saturated heterocycles. The highest BCUT2D eigenvalue weighted by Crippen LogP contribution is 2.23. The second kappa shape index (κ2) is 8.02. The number of nitrogens with one attached hydrogen (secondary N) is 1. The van der Waals surface area contributed by atoms with E-state index in [-0.39, 0.29) is 12.5 Å². The summed E-state index contributed by atoms with van der Waals surface area (Å²) in [5.41, 5.74) is 2.64. The van der Waals surface area contributed by atoms with Gasteiger partial charge in [0.15, 0.2) is 0 Å². The molecule has 0 atom stereocenters. The van der Waals surface area contributed by atoms with Crippen LogP contribution in [0, 0.1) is 12.8 Å². The van der Waals surface area contributed by atoms with Gasteiger partial charge in [0.05, 0.1) is 13.2 Å². The molecule has 0 aromatic heterocycles. The highest BCUT2D eigenvalue weighted by molar-refractivity contribution is 6.62. The summed E-state index contributed by atoms with van der Waals surface area (Å²) in [5, 5.41) is 12.4. The standard InChI is InChI=1S/C18H24BNO5/c1-12-15(8-7-14-11-25-19(23)17(12)14)18(22)20-9-16(21)24-10-13-5-3-2-4-6-13/h7-8,13,23H,2-6,9-11H2,1H3,(H,20,22). The monoisotopic (exact) mass is 345 g/mol. The summed E-state index contributed by atoms with van der Waals surface area (Å²) >= 11 is 0. The molecule has 0 radical (unpaired) electrons. The smallest absolute Gasteiger partial charge is 0.464 e. The SMILES string of the molecule is Cc1c(C(=O)NCC(=O)OCC2CCCCC2)ccc2c1B(O)OC2. The Morgan fingerprint density at radius 3 is 2.84 bits per heavy atom. The highest BCUT2D eigenvalue weighted by Gasteiger charge is 2.31. The lowest BCUT2D eigenvalue weighted by molar-refractivity contribution is -0.144. The van der Waals surface area contributed by atoms with E-state index < -0.39 is 13.1 Å². The number of esters is 1. The van der Waals surface area contributed by atoms with Gasteiger partial charge in [0.2, 0.25) is 0 Å². The Labute approximate surface area is 148 Å². The fraction of sp³-hybridized carbons (Fsp3) is 0.556. The lowest BCUT2D eigenvalue weighted by Gasteiger charge is -2.21. The zero-order valence-electron chi connectivity index (χ0n) is 14.5. The number of carbonyl (C=O) groups is 2. The maximum absolute atomic E-state index is 12.3. The lowest BCUT2D eigenvalue weighted by atomic mass is 9.75. The van der Waals surface area contributed by atoms with Crippen LogP contribution in [0.5, 0.6) is 0 Å². The highest BCUT2D eigenvalue weighted by atomic mass is 16.5. The van der Waals surface area contributed by atoms with E-state index in [1.54, 1.807) is 19.1 Å². The number of rotatable bonds is 5. The van der Waals surface area contributed by atoms with Crippen molar-refractivity contribution in [2.24, 2.45) is 5.92 Å². The van der Waals surface area contributed by atoms with Crippen LogP contribution in [0.2, 0.25) is 0 Å². The topological polar surface area (TPSA) is 84.9 Å². The molecule has 1 aromatic carbocycles. The number of benzene rings is 1. The van der Waals surface area contributed by atoms with Crippen molar-refractivity contribution < 1.29 is 24.0 Å². The van der Waals surface area contributed by atoms with Crippen LogP contribution >= 0.6 is 0 Å². The molecule has 2 N–H and O–H groups in total. The van der Waals surface area contributed by atoms with Gasteiger partial charge in [-0.05, 0) is 48.3 Å². The fourth-order valence-corrected chi connectivity index (χ4v) is 3.62. The Bertz CT molecular complexity index is 657. The van der Waals surface area contributed by atoms with Crippen LogP contribution in [0.15, 0.2) is 12.1 Å². The molecule has 1 heterocycles. The van der Waals surface area contributed by atoms with Crippen molar-refractivity contribution in [3.63, 3.8) is 0 Å². The number of hydrogen-bond donors (Lipinski definition) is 2.